The van der Waals surface area contributed by atoms with E-state index < -0.39 is 24.1 Å². The summed E-state index contributed by atoms with van der Waals surface area (Å²) in [5.74, 6) is -0.380. The Morgan fingerprint density at radius 2 is 1.91 bits per heavy atom. The number of aromatic nitrogens is 4. The van der Waals surface area contributed by atoms with Crippen molar-refractivity contribution in [2.75, 3.05) is 25.5 Å². The zero-order valence-corrected chi connectivity index (χ0v) is 16.9. The number of carbonyl (C=O) groups is 1. The molecule has 1 atom stereocenters. The third kappa shape index (κ3) is 4.40. The van der Waals surface area contributed by atoms with Crippen molar-refractivity contribution in [1.82, 2.24) is 25.0 Å². The lowest BCUT2D eigenvalue weighted by Gasteiger charge is -2.16. The Kier molecular flexibility index (Phi) is 5.55. The first-order valence-corrected chi connectivity index (χ1v) is 9.72. The monoisotopic (exact) mass is 448 g/mol. The van der Waals surface area contributed by atoms with Gasteiger partial charge in [0.1, 0.15) is 5.69 Å². The van der Waals surface area contributed by atoms with Gasteiger partial charge in [0.15, 0.2) is 5.76 Å². The van der Waals surface area contributed by atoms with Gasteiger partial charge in [0, 0.05) is 38.8 Å². The van der Waals surface area contributed by atoms with Crippen LogP contribution >= 0.6 is 0 Å². The van der Waals surface area contributed by atoms with Gasteiger partial charge in [-0.3, -0.25) is 4.79 Å². The maximum absolute atomic E-state index is 12.3. The van der Waals surface area contributed by atoms with Crippen LogP contribution in [-0.4, -0.2) is 62.3 Å². The maximum Gasteiger partial charge on any atom is 0.390 e. The van der Waals surface area contributed by atoms with Gasteiger partial charge in [-0.15, -0.1) is 0 Å². The number of pyridine rings is 1. The molecule has 0 aromatic carbocycles. The van der Waals surface area contributed by atoms with Gasteiger partial charge in [-0.05, 0) is 18.2 Å². The second-order valence-electron chi connectivity index (χ2n) is 7.38. The number of hydrogen-bond acceptors (Lipinski definition) is 8. The van der Waals surface area contributed by atoms with Crippen LogP contribution in [0.5, 0.6) is 0 Å². The van der Waals surface area contributed by atoms with Gasteiger partial charge in [-0.2, -0.15) is 13.2 Å². The van der Waals surface area contributed by atoms with Crippen molar-refractivity contribution in [2.45, 2.75) is 24.6 Å². The van der Waals surface area contributed by atoms with Crippen molar-refractivity contribution in [3.05, 3.63) is 42.3 Å². The summed E-state index contributed by atoms with van der Waals surface area (Å²) in [6.07, 6.45) is -3.68. The molecule has 0 radical (unpaired) electrons. The third-order valence-corrected chi connectivity index (χ3v) is 5.05. The number of aliphatic hydroxyl groups is 1. The van der Waals surface area contributed by atoms with Gasteiger partial charge < -0.3 is 19.8 Å². The Labute approximate surface area is 180 Å². The lowest BCUT2D eigenvalue weighted by molar-refractivity contribution is -0.144. The number of nitrogens with one attached hydrogen (secondary N) is 1. The van der Waals surface area contributed by atoms with E-state index in [9.17, 15) is 23.1 Å². The zero-order chi connectivity index (χ0) is 22.9. The smallest absolute Gasteiger partial charge is 0.373 e. The standard InChI is InChI=1S/C20H19F3N6O3/c1-29-10-7-19(31,17(29)30)16-11-15(28-32-16)13-4-2-3-12(26-13)14-5-8-24-18(27-14)25-9-6-20(21,22)23/h2-5,8,11,31H,6-7,9-10H2,1H3,(H,24,25,27)/t19-/m1/s1. The number of halogens is 3. The Morgan fingerprint density at radius 3 is 2.59 bits per heavy atom. The summed E-state index contributed by atoms with van der Waals surface area (Å²) in [6.45, 7) is 0.0467. The predicted octanol–water partition coefficient (Wildman–Crippen LogP) is 2.61. The van der Waals surface area contributed by atoms with E-state index in [4.69, 9.17) is 4.52 Å². The molecule has 32 heavy (non-hydrogen) atoms. The van der Waals surface area contributed by atoms with E-state index in [1.54, 1.807) is 31.3 Å². The number of alkyl halides is 3. The van der Waals surface area contributed by atoms with Crippen molar-refractivity contribution < 1.29 is 27.6 Å². The number of hydrogen-bond donors (Lipinski definition) is 2. The highest BCUT2D eigenvalue weighted by Crippen LogP contribution is 2.34. The van der Waals surface area contributed by atoms with E-state index >= 15 is 0 Å². The number of amides is 1. The molecule has 0 spiro atoms. The van der Waals surface area contributed by atoms with Crippen LogP contribution < -0.4 is 5.32 Å². The summed E-state index contributed by atoms with van der Waals surface area (Å²) < 4.78 is 42.2. The summed E-state index contributed by atoms with van der Waals surface area (Å²) in [5, 5.41) is 17.2. The highest BCUT2D eigenvalue weighted by atomic mass is 19.4. The van der Waals surface area contributed by atoms with Crippen molar-refractivity contribution in [3.8, 4) is 22.8 Å². The number of anilines is 1. The molecule has 4 heterocycles. The molecular formula is C20H19F3N6O3. The minimum absolute atomic E-state index is 0.0345. The Balaban J connectivity index is 1.55. The molecule has 3 aromatic rings. The lowest BCUT2D eigenvalue weighted by Crippen LogP contribution is -2.35. The van der Waals surface area contributed by atoms with Crippen LogP contribution in [0.4, 0.5) is 19.1 Å². The average molecular weight is 448 g/mol. The summed E-state index contributed by atoms with van der Waals surface area (Å²) in [5.41, 5.74) is -0.211. The van der Waals surface area contributed by atoms with E-state index in [1.165, 1.54) is 17.2 Å². The van der Waals surface area contributed by atoms with E-state index in [0.29, 0.717) is 29.3 Å². The molecule has 0 aliphatic carbocycles. The van der Waals surface area contributed by atoms with Crippen molar-refractivity contribution >= 4 is 11.9 Å². The third-order valence-electron chi connectivity index (χ3n) is 5.05. The second kappa shape index (κ2) is 8.19. The molecule has 1 aliphatic heterocycles. The van der Waals surface area contributed by atoms with Crippen LogP contribution in [0.2, 0.25) is 0 Å². The Bertz CT molecular complexity index is 1140. The topological polar surface area (TPSA) is 117 Å². The normalized spacial score (nSPS) is 18.9. The minimum Gasteiger partial charge on any atom is -0.373 e. The van der Waals surface area contributed by atoms with Crippen LogP contribution in [0.15, 0.2) is 41.1 Å². The second-order valence-corrected chi connectivity index (χ2v) is 7.38. The molecule has 2 N–H and O–H groups in total. The molecular weight excluding hydrogens is 429 g/mol. The van der Waals surface area contributed by atoms with Gasteiger partial charge >= 0.3 is 6.18 Å². The Hall–Kier alpha value is -3.54. The number of carbonyl (C=O) groups excluding carboxylic acids is 1. The first kappa shape index (κ1) is 21.7. The molecule has 1 fully saturated rings. The first-order valence-electron chi connectivity index (χ1n) is 9.72. The Morgan fingerprint density at radius 1 is 1.19 bits per heavy atom. The molecule has 1 aliphatic rings. The molecule has 9 nitrogen and oxygen atoms in total. The molecule has 0 bridgehead atoms. The number of nitrogens with zero attached hydrogens (tertiary/aromatic N) is 5. The quantitative estimate of drug-likeness (QED) is 0.591. The van der Waals surface area contributed by atoms with Gasteiger partial charge in [-0.1, -0.05) is 11.2 Å². The van der Waals surface area contributed by atoms with Crippen molar-refractivity contribution in [1.29, 1.82) is 0 Å². The van der Waals surface area contributed by atoms with E-state index in [-0.39, 0.29) is 24.7 Å². The fourth-order valence-corrected chi connectivity index (χ4v) is 3.30. The average Bonchev–Trinajstić information content (AvgIpc) is 3.36. The lowest BCUT2D eigenvalue weighted by atomic mass is 9.98. The van der Waals surface area contributed by atoms with Gasteiger partial charge in [0.2, 0.25) is 11.5 Å². The molecule has 3 aromatic heterocycles. The van der Waals surface area contributed by atoms with Crippen LogP contribution in [0, 0.1) is 0 Å². The first-order chi connectivity index (χ1) is 15.2. The van der Waals surface area contributed by atoms with Crippen LogP contribution in [0.25, 0.3) is 22.8 Å². The zero-order valence-electron chi connectivity index (χ0n) is 16.9. The SMILES string of the molecule is CN1CC[C@@](O)(c2cc(-c3cccc(-c4ccnc(NCCC(F)(F)F)n4)n3)no2)C1=O. The molecule has 0 saturated carbocycles. The molecule has 1 saturated heterocycles. The number of rotatable bonds is 6. The van der Waals surface area contributed by atoms with E-state index in [0.717, 1.165) is 0 Å². The molecule has 12 heteroatoms. The fourth-order valence-electron chi connectivity index (χ4n) is 3.30. The predicted molar refractivity (Wildman–Crippen MR) is 106 cm³/mol. The molecule has 1 amide bonds. The maximum atomic E-state index is 12.3. The van der Waals surface area contributed by atoms with Crippen molar-refractivity contribution in [3.63, 3.8) is 0 Å². The minimum atomic E-state index is -4.28. The van der Waals surface area contributed by atoms with Gasteiger partial charge in [0.05, 0.1) is 23.5 Å². The summed E-state index contributed by atoms with van der Waals surface area (Å²) in [7, 11) is 1.59. The molecule has 0 unspecified atom stereocenters. The molecule has 168 valence electrons. The largest absolute Gasteiger partial charge is 0.390 e. The van der Waals surface area contributed by atoms with Gasteiger partial charge in [0.25, 0.3) is 5.91 Å². The summed E-state index contributed by atoms with van der Waals surface area (Å²) in [4.78, 5) is 26.3. The van der Waals surface area contributed by atoms with Crippen LogP contribution in [0.3, 0.4) is 0 Å². The highest BCUT2D eigenvalue weighted by Gasteiger charge is 2.48. The van der Waals surface area contributed by atoms with Crippen LogP contribution in [-0.2, 0) is 10.4 Å². The summed E-state index contributed by atoms with van der Waals surface area (Å²) >= 11 is 0. The molecule has 4 rings (SSSR count). The highest BCUT2D eigenvalue weighted by molar-refractivity contribution is 5.87. The van der Waals surface area contributed by atoms with Crippen LogP contribution in [0.1, 0.15) is 18.6 Å². The summed E-state index contributed by atoms with van der Waals surface area (Å²) in [6, 6.07) is 8.09. The van der Waals surface area contributed by atoms with Crippen molar-refractivity contribution in [2.24, 2.45) is 0 Å². The fraction of sp³-hybridized carbons (Fsp3) is 0.350. The van der Waals surface area contributed by atoms with E-state index in [2.05, 4.69) is 25.4 Å². The number of likely N-dealkylation sites (tertiary alicyclic amines) is 1. The van der Waals surface area contributed by atoms with Gasteiger partial charge in [-0.25, -0.2) is 15.0 Å². The van der Waals surface area contributed by atoms with E-state index in [1.807, 2.05) is 0 Å². The number of likely N-dealkylation sites (N-methyl/N-ethyl adjacent to an activating group) is 1.